The molecule has 1 saturated heterocycles. The molecule has 1 amide bonds. The van der Waals surface area contributed by atoms with Gasteiger partial charge < -0.3 is 15.0 Å². The Hall–Kier alpha value is -2.01. The maximum Gasteiger partial charge on any atom is 0.243 e. The average Bonchev–Trinajstić information content (AvgIpc) is 2.82. The molecule has 1 aliphatic rings. The average molecular weight is 475 g/mol. The predicted molar refractivity (Wildman–Crippen MR) is 134 cm³/mol. The van der Waals surface area contributed by atoms with Gasteiger partial charge in [0.25, 0.3) is 0 Å². The van der Waals surface area contributed by atoms with Crippen LogP contribution in [-0.2, 0) is 4.79 Å². The van der Waals surface area contributed by atoms with Gasteiger partial charge in [-0.1, -0.05) is 47.8 Å². The topological polar surface area (TPSA) is 41.6 Å². The van der Waals surface area contributed by atoms with Gasteiger partial charge in [0, 0.05) is 12.6 Å². The van der Waals surface area contributed by atoms with Gasteiger partial charge in [0.1, 0.15) is 5.75 Å². The highest BCUT2D eigenvalue weighted by Gasteiger charge is 2.20. The van der Waals surface area contributed by atoms with E-state index in [0.717, 1.165) is 43.8 Å². The van der Waals surface area contributed by atoms with E-state index in [9.17, 15) is 4.79 Å². The number of carbonyl (C=O) groups is 1. The van der Waals surface area contributed by atoms with Gasteiger partial charge in [0.15, 0.2) is 0 Å². The van der Waals surface area contributed by atoms with Crippen molar-refractivity contribution in [1.82, 2.24) is 10.2 Å². The molecule has 1 heterocycles. The summed E-state index contributed by atoms with van der Waals surface area (Å²) >= 11 is 11.9. The van der Waals surface area contributed by atoms with Crippen molar-refractivity contribution < 1.29 is 9.53 Å². The van der Waals surface area contributed by atoms with Crippen molar-refractivity contribution in [2.75, 3.05) is 33.3 Å². The van der Waals surface area contributed by atoms with E-state index in [1.54, 1.807) is 25.3 Å². The second kappa shape index (κ2) is 12.9. The smallest absolute Gasteiger partial charge is 0.243 e. The van der Waals surface area contributed by atoms with E-state index in [2.05, 4.69) is 34.5 Å². The number of likely N-dealkylation sites (tertiary alicyclic amines) is 1. The number of methoxy groups -OCH3 is 1. The molecule has 3 rings (SSSR count). The van der Waals surface area contributed by atoms with Crippen molar-refractivity contribution >= 4 is 35.2 Å². The fraction of sp³-hybridized carbons (Fsp3) is 0.423. The summed E-state index contributed by atoms with van der Waals surface area (Å²) in [5.41, 5.74) is 2.28. The molecule has 2 aromatic rings. The number of piperidine rings is 1. The van der Waals surface area contributed by atoms with E-state index in [1.165, 1.54) is 30.9 Å². The molecule has 0 aliphatic carbocycles. The Kier molecular flexibility index (Phi) is 9.91. The Labute approximate surface area is 201 Å². The Morgan fingerprint density at radius 2 is 1.81 bits per heavy atom. The molecule has 0 bridgehead atoms. The van der Waals surface area contributed by atoms with Gasteiger partial charge in [0.05, 0.1) is 17.2 Å². The number of halogens is 2. The van der Waals surface area contributed by atoms with Crippen LogP contribution >= 0.6 is 23.2 Å². The second-order valence-corrected chi connectivity index (χ2v) is 9.06. The lowest BCUT2D eigenvalue weighted by atomic mass is 9.89. The number of nitrogens with zero attached hydrogens (tertiary/aromatic N) is 1. The molecule has 0 radical (unpaired) electrons. The number of nitrogens with one attached hydrogen (secondary N) is 1. The van der Waals surface area contributed by atoms with Crippen LogP contribution in [0.25, 0.3) is 6.08 Å². The fourth-order valence-corrected chi connectivity index (χ4v) is 4.37. The first-order valence-electron chi connectivity index (χ1n) is 11.3. The number of rotatable bonds is 10. The van der Waals surface area contributed by atoms with E-state index in [1.807, 2.05) is 6.07 Å². The summed E-state index contributed by atoms with van der Waals surface area (Å²) in [6.45, 7) is 4.16. The van der Waals surface area contributed by atoms with Crippen LogP contribution < -0.4 is 10.1 Å². The highest BCUT2D eigenvalue weighted by molar-refractivity contribution is 6.42. The van der Waals surface area contributed by atoms with Crippen molar-refractivity contribution in [3.63, 3.8) is 0 Å². The molecule has 0 atom stereocenters. The second-order valence-electron chi connectivity index (χ2n) is 8.25. The number of benzene rings is 2. The normalized spacial score (nSPS) is 15.2. The lowest BCUT2D eigenvalue weighted by molar-refractivity contribution is -0.116. The quantitative estimate of drug-likeness (QED) is 0.330. The van der Waals surface area contributed by atoms with E-state index in [4.69, 9.17) is 27.9 Å². The van der Waals surface area contributed by atoms with Crippen molar-refractivity contribution in [3.8, 4) is 5.75 Å². The summed E-state index contributed by atoms with van der Waals surface area (Å²) in [6.07, 6.45) is 8.99. The lowest BCUT2D eigenvalue weighted by Gasteiger charge is -2.32. The van der Waals surface area contributed by atoms with Crippen LogP contribution in [0.2, 0.25) is 10.0 Å². The minimum absolute atomic E-state index is 0.0864. The molecule has 6 heteroatoms. The van der Waals surface area contributed by atoms with E-state index < -0.39 is 0 Å². The maximum absolute atomic E-state index is 12.0. The van der Waals surface area contributed by atoms with Crippen LogP contribution in [0.4, 0.5) is 0 Å². The molecular weight excluding hydrogens is 443 g/mol. The molecule has 1 N–H and O–H groups in total. The van der Waals surface area contributed by atoms with Crippen LogP contribution in [0.1, 0.15) is 49.1 Å². The molecule has 1 aliphatic heterocycles. The summed E-state index contributed by atoms with van der Waals surface area (Å²) in [5.74, 6) is 1.49. The minimum atomic E-state index is -0.0864. The highest BCUT2D eigenvalue weighted by Crippen LogP contribution is 2.29. The number of hydrogen-bond donors (Lipinski definition) is 1. The zero-order chi connectivity index (χ0) is 22.8. The van der Waals surface area contributed by atoms with Gasteiger partial charge in [-0.05, 0) is 92.7 Å². The first-order chi connectivity index (χ1) is 15.5. The molecule has 4 nitrogen and oxygen atoms in total. The lowest BCUT2D eigenvalue weighted by Crippen LogP contribution is -2.33. The Bertz CT molecular complexity index is 891. The number of carbonyl (C=O) groups excluding carboxylic acids is 1. The van der Waals surface area contributed by atoms with Gasteiger partial charge >= 0.3 is 0 Å². The van der Waals surface area contributed by atoms with Gasteiger partial charge in [-0.15, -0.1) is 0 Å². The zero-order valence-corrected chi connectivity index (χ0v) is 20.2. The standard InChI is InChI=1S/C26H32Cl2N2O2/c1-32-23-9-7-21(8-10-23)22-13-17-30(18-14-22)16-4-2-3-15-29-26(31)12-6-20-5-11-24(27)25(28)19-20/h5-12,19,22H,2-4,13-18H2,1H3,(H,29,31)/b12-6+. The van der Waals surface area contributed by atoms with Crippen molar-refractivity contribution in [2.24, 2.45) is 0 Å². The van der Waals surface area contributed by atoms with Crippen LogP contribution in [0.3, 0.4) is 0 Å². The SMILES string of the molecule is COc1ccc(C2CCN(CCCCCNC(=O)/C=C/c3ccc(Cl)c(Cl)c3)CC2)cc1. The van der Waals surface area contributed by atoms with Gasteiger partial charge in [-0.25, -0.2) is 0 Å². The van der Waals surface area contributed by atoms with E-state index in [-0.39, 0.29) is 5.91 Å². The van der Waals surface area contributed by atoms with Crippen LogP contribution in [0.5, 0.6) is 5.75 Å². The van der Waals surface area contributed by atoms with Crippen LogP contribution in [-0.4, -0.2) is 44.1 Å². The van der Waals surface area contributed by atoms with Crippen LogP contribution in [0.15, 0.2) is 48.5 Å². The Balaban J connectivity index is 1.25. The predicted octanol–water partition coefficient (Wildman–Crippen LogP) is 6.18. The third-order valence-corrected chi connectivity index (χ3v) is 6.73. The molecule has 0 aromatic heterocycles. The molecule has 2 aromatic carbocycles. The summed E-state index contributed by atoms with van der Waals surface area (Å²) in [5, 5.41) is 3.94. The fourth-order valence-electron chi connectivity index (χ4n) is 4.06. The number of unbranched alkanes of at least 4 members (excludes halogenated alkanes) is 2. The third-order valence-electron chi connectivity index (χ3n) is 6.00. The number of ether oxygens (including phenoxy) is 1. The first-order valence-corrected chi connectivity index (χ1v) is 12.1. The number of amides is 1. The minimum Gasteiger partial charge on any atom is -0.497 e. The number of hydrogen-bond acceptors (Lipinski definition) is 3. The molecule has 172 valence electrons. The summed E-state index contributed by atoms with van der Waals surface area (Å²) in [6, 6.07) is 13.8. The third kappa shape index (κ3) is 7.84. The molecular formula is C26H32Cl2N2O2. The van der Waals surface area contributed by atoms with Crippen molar-refractivity contribution in [3.05, 3.63) is 69.7 Å². The van der Waals surface area contributed by atoms with Crippen molar-refractivity contribution in [2.45, 2.75) is 38.0 Å². The molecule has 0 spiro atoms. The summed E-state index contributed by atoms with van der Waals surface area (Å²) in [7, 11) is 1.71. The monoisotopic (exact) mass is 474 g/mol. The van der Waals surface area contributed by atoms with Gasteiger partial charge in [-0.3, -0.25) is 4.79 Å². The maximum atomic E-state index is 12.0. The Morgan fingerprint density at radius 3 is 2.50 bits per heavy atom. The zero-order valence-electron chi connectivity index (χ0n) is 18.7. The molecule has 1 fully saturated rings. The van der Waals surface area contributed by atoms with Gasteiger partial charge in [-0.2, -0.15) is 0 Å². The molecule has 0 saturated carbocycles. The molecule has 32 heavy (non-hydrogen) atoms. The van der Waals surface area contributed by atoms with Crippen molar-refractivity contribution in [1.29, 1.82) is 0 Å². The van der Waals surface area contributed by atoms with E-state index in [0.29, 0.717) is 22.5 Å². The summed E-state index contributed by atoms with van der Waals surface area (Å²) < 4.78 is 5.25. The van der Waals surface area contributed by atoms with Crippen LogP contribution in [0, 0.1) is 0 Å². The highest BCUT2D eigenvalue weighted by atomic mass is 35.5. The largest absolute Gasteiger partial charge is 0.497 e. The summed E-state index contributed by atoms with van der Waals surface area (Å²) in [4.78, 5) is 14.5. The Morgan fingerprint density at radius 1 is 1.06 bits per heavy atom. The molecule has 0 unspecified atom stereocenters. The van der Waals surface area contributed by atoms with Gasteiger partial charge in [0.2, 0.25) is 5.91 Å². The van der Waals surface area contributed by atoms with E-state index >= 15 is 0 Å². The first kappa shape index (κ1) is 24.6.